The summed E-state index contributed by atoms with van der Waals surface area (Å²) in [6, 6.07) is 20.9. The van der Waals surface area contributed by atoms with Crippen LogP contribution >= 0.6 is 23.2 Å². The molecule has 0 bridgehead atoms. The lowest BCUT2D eigenvalue weighted by Gasteiger charge is -2.28. The van der Waals surface area contributed by atoms with E-state index in [1.165, 1.54) is 12.0 Å². The number of nitrogens with zero attached hydrogens (tertiary/aromatic N) is 1. The van der Waals surface area contributed by atoms with Crippen LogP contribution in [0, 0.1) is 0 Å². The fourth-order valence-corrected chi connectivity index (χ4v) is 4.76. The highest BCUT2D eigenvalue weighted by atomic mass is 35.5. The van der Waals surface area contributed by atoms with E-state index in [2.05, 4.69) is 5.32 Å². The van der Waals surface area contributed by atoms with Gasteiger partial charge < -0.3 is 24.8 Å². The van der Waals surface area contributed by atoms with E-state index in [1.54, 1.807) is 36.4 Å². The summed E-state index contributed by atoms with van der Waals surface area (Å²) in [6.45, 7) is 0.778. The predicted octanol–water partition coefficient (Wildman–Crippen LogP) is 5.23. The van der Waals surface area contributed by atoms with Crippen molar-refractivity contribution in [1.29, 1.82) is 0 Å². The Morgan fingerprint density at radius 2 is 1.68 bits per heavy atom. The Balaban J connectivity index is 1.64. The van der Waals surface area contributed by atoms with Crippen molar-refractivity contribution < 1.29 is 24.2 Å². The minimum absolute atomic E-state index is 0.0648. The molecule has 0 radical (unpaired) electrons. The van der Waals surface area contributed by atoms with Crippen molar-refractivity contribution >= 4 is 35.0 Å². The van der Waals surface area contributed by atoms with Crippen molar-refractivity contribution in [3.63, 3.8) is 0 Å². The number of ether oxygens (including phenoxy) is 2. The monoisotopic (exact) mass is 540 g/mol. The number of benzene rings is 3. The largest absolute Gasteiger partial charge is 0.503 e. The van der Waals surface area contributed by atoms with Crippen LogP contribution in [0.4, 0.5) is 0 Å². The van der Waals surface area contributed by atoms with Gasteiger partial charge in [-0.1, -0.05) is 71.7 Å². The predicted molar refractivity (Wildman–Crippen MR) is 142 cm³/mol. The molecule has 1 heterocycles. The average Bonchev–Trinajstić information content (AvgIpc) is 3.14. The molecule has 1 aliphatic rings. The van der Waals surface area contributed by atoms with Gasteiger partial charge in [-0.3, -0.25) is 9.59 Å². The Labute approximate surface area is 225 Å². The van der Waals surface area contributed by atoms with Gasteiger partial charge in [0.1, 0.15) is 12.4 Å². The highest BCUT2D eigenvalue weighted by molar-refractivity contribution is 6.34. The standard InChI is InChI=1S/C28H26Cl2N2O5/c1-36-12-11-32-25(22-9-5-6-10-23(22)37-17-18-7-3-2-4-8-18)24(26(33)28(32)35)27(34)31-16-19-13-20(29)15-21(30)14-19/h2-10,13-15,25,33H,11-12,16-17H2,1H3,(H,31,34). The number of rotatable bonds is 10. The van der Waals surface area contributed by atoms with Crippen LogP contribution in [0.3, 0.4) is 0 Å². The summed E-state index contributed by atoms with van der Waals surface area (Å²) in [4.78, 5) is 27.9. The van der Waals surface area contributed by atoms with Gasteiger partial charge in [0.2, 0.25) is 0 Å². The van der Waals surface area contributed by atoms with Gasteiger partial charge in [-0.05, 0) is 35.4 Å². The number of nitrogens with one attached hydrogen (secondary N) is 1. The molecular formula is C28H26Cl2N2O5. The number of aliphatic hydroxyl groups is 1. The highest BCUT2D eigenvalue weighted by Gasteiger charge is 2.44. The molecule has 0 saturated heterocycles. The summed E-state index contributed by atoms with van der Waals surface area (Å²) in [7, 11) is 1.52. The second-order valence-electron chi connectivity index (χ2n) is 8.43. The summed E-state index contributed by atoms with van der Waals surface area (Å²) in [5.74, 6) is -1.37. The van der Waals surface area contributed by atoms with Crippen LogP contribution in [0.2, 0.25) is 10.0 Å². The molecule has 3 aromatic carbocycles. The van der Waals surface area contributed by atoms with Crippen molar-refractivity contribution in [2.24, 2.45) is 0 Å². The van der Waals surface area contributed by atoms with E-state index < -0.39 is 23.6 Å². The molecule has 37 heavy (non-hydrogen) atoms. The lowest BCUT2D eigenvalue weighted by Crippen LogP contribution is -2.35. The number of carbonyl (C=O) groups excluding carboxylic acids is 2. The maximum atomic E-state index is 13.4. The smallest absolute Gasteiger partial charge is 0.290 e. The first-order valence-electron chi connectivity index (χ1n) is 11.6. The second kappa shape index (κ2) is 12.1. The van der Waals surface area contributed by atoms with Crippen molar-refractivity contribution in [1.82, 2.24) is 10.2 Å². The van der Waals surface area contributed by atoms with Crippen molar-refractivity contribution in [3.05, 3.63) is 111 Å². The van der Waals surface area contributed by atoms with Gasteiger partial charge in [-0.25, -0.2) is 0 Å². The molecule has 0 fully saturated rings. The molecule has 1 atom stereocenters. The molecule has 1 unspecified atom stereocenters. The molecule has 192 valence electrons. The van der Waals surface area contributed by atoms with E-state index in [0.29, 0.717) is 33.5 Å². The summed E-state index contributed by atoms with van der Waals surface area (Å²) in [5, 5.41) is 14.5. The molecule has 0 saturated carbocycles. The quantitative estimate of drug-likeness (QED) is 0.367. The highest BCUT2D eigenvalue weighted by Crippen LogP contribution is 2.41. The van der Waals surface area contributed by atoms with Gasteiger partial charge in [0.15, 0.2) is 5.76 Å². The zero-order valence-corrected chi connectivity index (χ0v) is 21.6. The molecule has 4 rings (SSSR count). The van der Waals surface area contributed by atoms with E-state index in [4.69, 9.17) is 32.7 Å². The van der Waals surface area contributed by atoms with E-state index in [0.717, 1.165) is 5.56 Å². The van der Waals surface area contributed by atoms with Crippen LogP contribution in [-0.4, -0.2) is 42.1 Å². The Morgan fingerprint density at radius 3 is 2.38 bits per heavy atom. The van der Waals surface area contributed by atoms with E-state index in [-0.39, 0.29) is 25.3 Å². The number of halogens is 2. The van der Waals surface area contributed by atoms with Gasteiger partial charge in [0.25, 0.3) is 11.8 Å². The van der Waals surface area contributed by atoms with Gasteiger partial charge in [-0.15, -0.1) is 0 Å². The van der Waals surface area contributed by atoms with Crippen molar-refractivity contribution in [3.8, 4) is 5.75 Å². The van der Waals surface area contributed by atoms with E-state index in [9.17, 15) is 14.7 Å². The Kier molecular flexibility index (Phi) is 8.71. The molecule has 2 amide bonds. The Morgan fingerprint density at radius 1 is 1.00 bits per heavy atom. The third kappa shape index (κ3) is 6.25. The lowest BCUT2D eigenvalue weighted by molar-refractivity contribution is -0.130. The average molecular weight is 541 g/mol. The third-order valence-corrected chi connectivity index (χ3v) is 6.35. The van der Waals surface area contributed by atoms with Crippen LogP contribution in [0.5, 0.6) is 5.75 Å². The molecular weight excluding hydrogens is 515 g/mol. The fourth-order valence-electron chi connectivity index (χ4n) is 4.19. The zero-order valence-electron chi connectivity index (χ0n) is 20.1. The van der Waals surface area contributed by atoms with Crippen LogP contribution in [-0.2, 0) is 27.5 Å². The number of hydrogen-bond donors (Lipinski definition) is 2. The third-order valence-electron chi connectivity index (χ3n) is 5.91. The number of aliphatic hydroxyl groups excluding tert-OH is 1. The maximum Gasteiger partial charge on any atom is 0.290 e. The molecule has 0 aliphatic carbocycles. The van der Waals surface area contributed by atoms with Crippen LogP contribution < -0.4 is 10.1 Å². The molecule has 1 aliphatic heterocycles. The molecule has 0 aromatic heterocycles. The van der Waals surface area contributed by atoms with Gasteiger partial charge in [-0.2, -0.15) is 0 Å². The van der Waals surface area contributed by atoms with E-state index >= 15 is 0 Å². The number of carbonyl (C=O) groups is 2. The molecule has 3 aromatic rings. The Hall–Kier alpha value is -3.52. The fraction of sp³-hybridized carbons (Fsp3) is 0.214. The summed E-state index contributed by atoms with van der Waals surface area (Å²) in [5.41, 5.74) is 2.15. The first-order chi connectivity index (χ1) is 17.9. The molecule has 0 spiro atoms. The first kappa shape index (κ1) is 26.5. The number of amides is 2. The molecule has 9 heteroatoms. The summed E-state index contributed by atoms with van der Waals surface area (Å²) < 4.78 is 11.3. The molecule has 2 N–H and O–H groups in total. The van der Waals surface area contributed by atoms with Crippen molar-refractivity contribution in [2.45, 2.75) is 19.2 Å². The second-order valence-corrected chi connectivity index (χ2v) is 9.30. The zero-order chi connectivity index (χ0) is 26.4. The van der Waals surface area contributed by atoms with Crippen LogP contribution in [0.1, 0.15) is 22.7 Å². The van der Waals surface area contributed by atoms with Gasteiger partial charge in [0.05, 0.1) is 18.2 Å². The molecule has 7 nitrogen and oxygen atoms in total. The van der Waals surface area contributed by atoms with Gasteiger partial charge in [0, 0.05) is 35.8 Å². The number of para-hydroxylation sites is 1. The van der Waals surface area contributed by atoms with Crippen LogP contribution in [0.25, 0.3) is 0 Å². The SMILES string of the molecule is COCCN1C(=O)C(O)=C(C(=O)NCc2cc(Cl)cc(Cl)c2)C1c1ccccc1OCc1ccccc1. The first-order valence-corrected chi connectivity index (χ1v) is 12.4. The number of hydrogen-bond acceptors (Lipinski definition) is 5. The minimum Gasteiger partial charge on any atom is -0.503 e. The van der Waals surface area contributed by atoms with E-state index in [1.807, 2.05) is 36.4 Å². The maximum absolute atomic E-state index is 13.4. The van der Waals surface area contributed by atoms with Crippen molar-refractivity contribution in [2.75, 3.05) is 20.3 Å². The van der Waals surface area contributed by atoms with Gasteiger partial charge >= 0.3 is 0 Å². The minimum atomic E-state index is -0.877. The Bertz CT molecular complexity index is 1290. The number of methoxy groups -OCH3 is 1. The normalized spacial score (nSPS) is 15.3. The summed E-state index contributed by atoms with van der Waals surface area (Å²) in [6.07, 6.45) is 0. The topological polar surface area (TPSA) is 88.1 Å². The van der Waals surface area contributed by atoms with Crippen LogP contribution in [0.15, 0.2) is 84.1 Å². The summed E-state index contributed by atoms with van der Waals surface area (Å²) >= 11 is 12.1. The lowest BCUT2D eigenvalue weighted by atomic mass is 9.97.